The van der Waals surface area contributed by atoms with Crippen molar-refractivity contribution in [3.8, 4) is 17.2 Å². The first-order valence-corrected chi connectivity index (χ1v) is 8.73. The fraction of sp³-hybridized carbons (Fsp3) is 0.182. The van der Waals surface area contributed by atoms with Crippen LogP contribution in [0.1, 0.15) is 11.1 Å². The highest BCUT2D eigenvalue weighted by Gasteiger charge is 2.06. The summed E-state index contributed by atoms with van der Waals surface area (Å²) in [4.78, 5) is 11.9. The molecule has 6 nitrogen and oxygen atoms in total. The van der Waals surface area contributed by atoms with E-state index >= 15 is 0 Å². The second-order valence-corrected chi connectivity index (χ2v) is 5.69. The minimum absolute atomic E-state index is 0.136. The predicted octanol–water partition coefficient (Wildman–Crippen LogP) is 3.52. The van der Waals surface area contributed by atoms with Crippen molar-refractivity contribution in [2.45, 2.75) is 6.42 Å². The Morgan fingerprint density at radius 1 is 1.07 bits per heavy atom. The summed E-state index contributed by atoms with van der Waals surface area (Å²) in [7, 11) is 1.56. The first kappa shape index (κ1) is 20.8. The van der Waals surface area contributed by atoms with E-state index in [2.05, 4.69) is 23.7 Å². The molecule has 0 radical (unpaired) electrons. The topological polar surface area (TPSA) is 69.2 Å². The zero-order valence-electron chi connectivity index (χ0n) is 15.9. The van der Waals surface area contributed by atoms with E-state index in [0.717, 1.165) is 11.1 Å². The maximum absolute atomic E-state index is 11.9. The molecule has 0 fully saturated rings. The average molecular weight is 380 g/mol. The lowest BCUT2D eigenvalue weighted by molar-refractivity contribution is -0.123. The van der Waals surface area contributed by atoms with Crippen molar-refractivity contribution in [2.75, 3.05) is 20.3 Å². The van der Waals surface area contributed by atoms with E-state index < -0.39 is 0 Å². The number of amides is 1. The summed E-state index contributed by atoms with van der Waals surface area (Å²) < 4.78 is 16.4. The van der Waals surface area contributed by atoms with Crippen LogP contribution in [0, 0.1) is 0 Å². The van der Waals surface area contributed by atoms with Crippen LogP contribution < -0.4 is 19.6 Å². The third-order valence-corrected chi connectivity index (χ3v) is 3.64. The van der Waals surface area contributed by atoms with E-state index in [0.29, 0.717) is 30.3 Å². The normalized spacial score (nSPS) is 10.3. The van der Waals surface area contributed by atoms with Crippen LogP contribution in [0.5, 0.6) is 17.2 Å². The maximum atomic E-state index is 11.9. The molecule has 0 bridgehead atoms. The number of nitrogens with one attached hydrogen (secondary N) is 1. The molecule has 0 aromatic heterocycles. The van der Waals surface area contributed by atoms with Gasteiger partial charge in [-0.25, -0.2) is 5.43 Å². The highest BCUT2D eigenvalue weighted by atomic mass is 16.5. The van der Waals surface area contributed by atoms with E-state index in [9.17, 15) is 4.79 Å². The fourth-order valence-electron chi connectivity index (χ4n) is 2.36. The van der Waals surface area contributed by atoms with Crippen molar-refractivity contribution < 1.29 is 19.0 Å². The molecule has 146 valence electrons. The van der Waals surface area contributed by atoms with Crippen molar-refractivity contribution in [1.29, 1.82) is 0 Å². The number of hydrogen-bond donors (Lipinski definition) is 1. The molecule has 0 aliphatic heterocycles. The Morgan fingerprint density at radius 3 is 2.64 bits per heavy atom. The van der Waals surface area contributed by atoms with E-state index in [4.69, 9.17) is 14.2 Å². The van der Waals surface area contributed by atoms with Gasteiger partial charge < -0.3 is 14.2 Å². The molecule has 2 rings (SSSR count). The van der Waals surface area contributed by atoms with Crippen LogP contribution in [0.3, 0.4) is 0 Å². The average Bonchev–Trinajstić information content (AvgIpc) is 2.72. The molecule has 0 spiro atoms. The Labute approximate surface area is 165 Å². The number of methoxy groups -OCH3 is 1. The van der Waals surface area contributed by atoms with Crippen LogP contribution in [0.25, 0.3) is 0 Å². The molecule has 0 saturated heterocycles. The van der Waals surface area contributed by atoms with Crippen LogP contribution in [0.4, 0.5) is 0 Å². The Morgan fingerprint density at radius 2 is 1.89 bits per heavy atom. The standard InChI is InChI=1S/C22H24N2O4/c1-4-8-18-9-6-7-10-19(18)28-16-22(25)24-23-15-17-11-12-20(27-13-5-2)21(14-17)26-3/h4-7,9-12,14-15H,1-2,8,13,16H2,3H3,(H,24,25)/b23-15-. The number of hydrogen-bond acceptors (Lipinski definition) is 5. The van der Waals surface area contributed by atoms with Gasteiger partial charge in [-0.1, -0.05) is 36.9 Å². The summed E-state index contributed by atoms with van der Waals surface area (Å²) in [5.74, 6) is 1.47. The number of para-hydroxylation sites is 1. The molecular weight excluding hydrogens is 356 g/mol. The van der Waals surface area contributed by atoms with E-state index in [-0.39, 0.29) is 12.5 Å². The van der Waals surface area contributed by atoms with Gasteiger partial charge >= 0.3 is 0 Å². The fourth-order valence-corrected chi connectivity index (χ4v) is 2.36. The van der Waals surface area contributed by atoms with Gasteiger partial charge in [0.1, 0.15) is 12.4 Å². The summed E-state index contributed by atoms with van der Waals surface area (Å²) in [6.07, 6.45) is 5.63. The molecule has 0 unspecified atom stereocenters. The molecule has 1 N–H and O–H groups in total. The first-order valence-electron chi connectivity index (χ1n) is 8.73. The van der Waals surface area contributed by atoms with Gasteiger partial charge in [0, 0.05) is 0 Å². The third-order valence-electron chi connectivity index (χ3n) is 3.64. The lowest BCUT2D eigenvalue weighted by Crippen LogP contribution is -2.24. The van der Waals surface area contributed by atoms with Crippen molar-refractivity contribution >= 4 is 12.1 Å². The maximum Gasteiger partial charge on any atom is 0.277 e. The van der Waals surface area contributed by atoms with Gasteiger partial charge in [-0.15, -0.1) is 6.58 Å². The number of rotatable bonds is 11. The Hall–Kier alpha value is -3.54. The second-order valence-electron chi connectivity index (χ2n) is 5.69. The van der Waals surface area contributed by atoms with Crippen molar-refractivity contribution in [2.24, 2.45) is 5.10 Å². The molecule has 0 heterocycles. The number of allylic oxidation sites excluding steroid dienone is 1. The minimum Gasteiger partial charge on any atom is -0.493 e. The summed E-state index contributed by atoms with van der Waals surface area (Å²) >= 11 is 0. The number of carbonyl (C=O) groups is 1. The van der Waals surface area contributed by atoms with Crippen molar-refractivity contribution in [3.05, 3.63) is 78.9 Å². The van der Waals surface area contributed by atoms with E-state index in [1.165, 1.54) is 6.21 Å². The van der Waals surface area contributed by atoms with Gasteiger partial charge in [0.15, 0.2) is 18.1 Å². The van der Waals surface area contributed by atoms with Crippen LogP contribution in [0.2, 0.25) is 0 Å². The predicted molar refractivity (Wildman–Crippen MR) is 110 cm³/mol. The number of benzene rings is 2. The number of nitrogens with zero attached hydrogens (tertiary/aromatic N) is 1. The Balaban J connectivity index is 1.89. The quantitative estimate of drug-likeness (QED) is 0.368. The summed E-state index contributed by atoms with van der Waals surface area (Å²) in [5, 5.41) is 3.95. The number of hydrazone groups is 1. The number of carbonyl (C=O) groups excluding carboxylic acids is 1. The van der Waals surface area contributed by atoms with Gasteiger partial charge in [-0.2, -0.15) is 5.10 Å². The molecule has 6 heteroatoms. The van der Waals surface area contributed by atoms with Crippen LogP contribution in [-0.2, 0) is 11.2 Å². The third kappa shape index (κ3) is 6.32. The lowest BCUT2D eigenvalue weighted by Gasteiger charge is -2.10. The van der Waals surface area contributed by atoms with Gasteiger partial charge in [-0.3, -0.25) is 4.79 Å². The molecule has 0 aliphatic rings. The SMILES string of the molecule is C=CCOc1ccc(/C=N\NC(=O)COc2ccccc2CC=C)cc1OC. The van der Waals surface area contributed by atoms with Gasteiger partial charge in [0.25, 0.3) is 5.91 Å². The minimum atomic E-state index is -0.359. The summed E-state index contributed by atoms with van der Waals surface area (Å²) in [5.41, 5.74) is 4.16. The van der Waals surface area contributed by atoms with Gasteiger partial charge in [0.2, 0.25) is 0 Å². The molecule has 1 amide bonds. The molecule has 0 saturated carbocycles. The molecule has 2 aromatic carbocycles. The summed E-state index contributed by atoms with van der Waals surface area (Å²) in [6, 6.07) is 12.9. The highest BCUT2D eigenvalue weighted by Crippen LogP contribution is 2.27. The molecule has 0 atom stereocenters. The molecule has 28 heavy (non-hydrogen) atoms. The van der Waals surface area contributed by atoms with Crippen molar-refractivity contribution in [1.82, 2.24) is 5.43 Å². The van der Waals surface area contributed by atoms with Gasteiger partial charge in [-0.05, 0) is 41.8 Å². The number of ether oxygens (including phenoxy) is 3. The molecule has 0 aliphatic carbocycles. The Kier molecular flexibility index (Phi) is 8.33. The molecule has 2 aromatic rings. The van der Waals surface area contributed by atoms with Crippen LogP contribution >= 0.6 is 0 Å². The highest BCUT2D eigenvalue weighted by molar-refractivity contribution is 5.83. The zero-order valence-corrected chi connectivity index (χ0v) is 15.9. The van der Waals surface area contributed by atoms with Crippen molar-refractivity contribution in [3.63, 3.8) is 0 Å². The first-order chi connectivity index (χ1) is 13.7. The Bertz CT molecular complexity index is 846. The zero-order chi connectivity index (χ0) is 20.2. The monoisotopic (exact) mass is 380 g/mol. The lowest BCUT2D eigenvalue weighted by atomic mass is 10.1. The summed E-state index contributed by atoms with van der Waals surface area (Å²) in [6.45, 7) is 7.58. The van der Waals surface area contributed by atoms with Crippen LogP contribution in [-0.4, -0.2) is 32.4 Å². The van der Waals surface area contributed by atoms with E-state index in [1.54, 1.807) is 37.5 Å². The van der Waals surface area contributed by atoms with E-state index in [1.807, 2.05) is 24.3 Å². The molecular formula is C22H24N2O4. The van der Waals surface area contributed by atoms with Gasteiger partial charge in [0.05, 0.1) is 13.3 Å². The largest absolute Gasteiger partial charge is 0.493 e. The second kappa shape index (κ2) is 11.2. The smallest absolute Gasteiger partial charge is 0.277 e. The van der Waals surface area contributed by atoms with Crippen LogP contribution in [0.15, 0.2) is 72.9 Å².